The van der Waals surface area contributed by atoms with E-state index >= 15 is 0 Å². The van der Waals surface area contributed by atoms with E-state index in [0.717, 1.165) is 32.1 Å². The van der Waals surface area contributed by atoms with Gasteiger partial charge in [-0.15, -0.1) is 0 Å². The first-order chi connectivity index (χ1) is 18.3. The molecule has 1 amide bonds. The molecule has 1 N–H and O–H groups in total. The van der Waals surface area contributed by atoms with Crippen LogP contribution in [-0.2, 0) is 33.4 Å². The van der Waals surface area contributed by atoms with Crippen LogP contribution in [0.25, 0.3) is 0 Å². The lowest BCUT2D eigenvalue weighted by Crippen LogP contribution is -2.44. The van der Waals surface area contributed by atoms with E-state index in [1.807, 2.05) is 20.8 Å². The summed E-state index contributed by atoms with van der Waals surface area (Å²) in [6.07, 6.45) is 17.2. The van der Waals surface area contributed by atoms with Crippen LogP contribution in [0, 0.1) is 0 Å². The molecule has 0 bridgehead atoms. The molecule has 0 heterocycles. The van der Waals surface area contributed by atoms with Crippen molar-refractivity contribution in [1.29, 1.82) is 0 Å². The van der Waals surface area contributed by atoms with Gasteiger partial charge in [0.2, 0.25) is 5.91 Å². The summed E-state index contributed by atoms with van der Waals surface area (Å²) in [5, 5.41) is 2.73. The standard InChI is InChI=1S/C31H57NO7/c1-30(2,3)38-28(35)22-20-18-16-14-12-10-8-7-9-11-13-15-17-19-21-27(34)32-26(23-24-37-25-33)29(36)39-31(4,5)6/h25-26H,7-24H2,1-6H3,(H,32,34). The van der Waals surface area contributed by atoms with Crippen molar-refractivity contribution in [3.8, 4) is 0 Å². The highest BCUT2D eigenvalue weighted by atomic mass is 16.6. The SMILES string of the molecule is CC(C)(C)OC(=O)CCCCCCCCCCCCCCCCC(=O)NC(CCOC=O)C(=O)OC(C)(C)C. The van der Waals surface area contributed by atoms with Crippen molar-refractivity contribution >= 4 is 24.3 Å². The molecule has 228 valence electrons. The fourth-order valence-electron chi connectivity index (χ4n) is 4.19. The molecular weight excluding hydrogens is 498 g/mol. The summed E-state index contributed by atoms with van der Waals surface area (Å²) in [5.41, 5.74) is -1.04. The molecule has 0 aliphatic carbocycles. The van der Waals surface area contributed by atoms with Crippen LogP contribution in [0.2, 0.25) is 0 Å². The van der Waals surface area contributed by atoms with Crippen LogP contribution in [0.1, 0.15) is 151 Å². The molecule has 0 aliphatic heterocycles. The number of rotatable bonds is 23. The number of hydrogen-bond acceptors (Lipinski definition) is 7. The van der Waals surface area contributed by atoms with Gasteiger partial charge >= 0.3 is 11.9 Å². The van der Waals surface area contributed by atoms with E-state index in [1.165, 1.54) is 57.8 Å². The van der Waals surface area contributed by atoms with Gasteiger partial charge in [0.05, 0.1) is 6.61 Å². The van der Waals surface area contributed by atoms with Gasteiger partial charge in [-0.25, -0.2) is 4.79 Å². The number of nitrogens with one attached hydrogen (secondary N) is 1. The van der Waals surface area contributed by atoms with Gasteiger partial charge in [0.15, 0.2) is 0 Å². The summed E-state index contributed by atoms with van der Waals surface area (Å²) in [7, 11) is 0. The highest BCUT2D eigenvalue weighted by Crippen LogP contribution is 2.15. The predicted molar refractivity (Wildman–Crippen MR) is 154 cm³/mol. The maximum atomic E-state index is 12.4. The summed E-state index contributed by atoms with van der Waals surface area (Å²) < 4.78 is 15.4. The Hall–Kier alpha value is -2.12. The van der Waals surface area contributed by atoms with Crippen LogP contribution in [0.3, 0.4) is 0 Å². The quantitative estimate of drug-likeness (QED) is 0.0628. The van der Waals surface area contributed by atoms with Crippen molar-refractivity contribution in [2.75, 3.05) is 6.61 Å². The third-order valence-electron chi connectivity index (χ3n) is 6.07. The minimum absolute atomic E-state index is 0.0467. The van der Waals surface area contributed by atoms with Gasteiger partial charge in [0.1, 0.15) is 17.2 Å². The minimum atomic E-state index is -0.819. The van der Waals surface area contributed by atoms with Gasteiger partial charge in [-0.1, -0.05) is 77.0 Å². The average Bonchev–Trinajstić information content (AvgIpc) is 2.81. The molecular formula is C31H57NO7. The monoisotopic (exact) mass is 555 g/mol. The third kappa shape index (κ3) is 25.9. The van der Waals surface area contributed by atoms with E-state index in [9.17, 15) is 19.2 Å². The molecule has 39 heavy (non-hydrogen) atoms. The summed E-state index contributed by atoms with van der Waals surface area (Å²) in [6.45, 7) is 11.4. The van der Waals surface area contributed by atoms with Crippen LogP contribution in [0.4, 0.5) is 0 Å². The Morgan fingerprint density at radius 2 is 1.05 bits per heavy atom. The number of amides is 1. The Kier molecular flexibility index (Phi) is 20.5. The Balaban J connectivity index is 3.69. The molecule has 0 saturated heterocycles. The summed E-state index contributed by atoms with van der Waals surface area (Å²) in [4.78, 5) is 46.7. The lowest BCUT2D eigenvalue weighted by Gasteiger charge is -2.24. The highest BCUT2D eigenvalue weighted by Gasteiger charge is 2.26. The fraction of sp³-hybridized carbons (Fsp3) is 0.871. The van der Waals surface area contributed by atoms with Gasteiger partial charge < -0.3 is 19.5 Å². The van der Waals surface area contributed by atoms with Crippen molar-refractivity contribution in [2.24, 2.45) is 0 Å². The topological polar surface area (TPSA) is 108 Å². The second kappa shape index (κ2) is 21.7. The number of unbranched alkanes of at least 4 members (excludes halogenated alkanes) is 13. The lowest BCUT2D eigenvalue weighted by atomic mass is 10.0. The second-order valence-corrected chi connectivity index (χ2v) is 12.4. The molecule has 0 rings (SSSR count). The van der Waals surface area contributed by atoms with Crippen LogP contribution in [0.5, 0.6) is 0 Å². The largest absolute Gasteiger partial charge is 0.468 e. The zero-order valence-corrected chi connectivity index (χ0v) is 25.7. The molecule has 8 heteroatoms. The van der Waals surface area contributed by atoms with E-state index in [4.69, 9.17) is 9.47 Å². The van der Waals surface area contributed by atoms with Crippen LogP contribution in [0.15, 0.2) is 0 Å². The number of esters is 2. The van der Waals surface area contributed by atoms with Crippen molar-refractivity contribution < 1.29 is 33.4 Å². The third-order valence-corrected chi connectivity index (χ3v) is 6.07. The highest BCUT2D eigenvalue weighted by molar-refractivity contribution is 5.84. The number of hydrogen-bond donors (Lipinski definition) is 1. The number of carbonyl (C=O) groups excluding carboxylic acids is 4. The lowest BCUT2D eigenvalue weighted by molar-refractivity contribution is -0.159. The van der Waals surface area contributed by atoms with E-state index < -0.39 is 17.6 Å². The first-order valence-corrected chi connectivity index (χ1v) is 15.1. The van der Waals surface area contributed by atoms with Gasteiger partial charge in [-0.05, 0) is 54.4 Å². The molecule has 0 aromatic heterocycles. The molecule has 0 saturated carbocycles. The van der Waals surface area contributed by atoms with Crippen molar-refractivity contribution in [1.82, 2.24) is 5.32 Å². The first kappa shape index (κ1) is 36.9. The maximum absolute atomic E-state index is 12.4. The average molecular weight is 556 g/mol. The Morgan fingerprint density at radius 3 is 1.46 bits per heavy atom. The van der Waals surface area contributed by atoms with Crippen molar-refractivity contribution in [3.05, 3.63) is 0 Å². The van der Waals surface area contributed by atoms with Crippen LogP contribution in [-0.4, -0.2) is 48.2 Å². The van der Waals surface area contributed by atoms with E-state index in [1.54, 1.807) is 20.8 Å². The van der Waals surface area contributed by atoms with Gasteiger partial charge in [0, 0.05) is 19.3 Å². The predicted octanol–water partition coefficient (Wildman–Crippen LogP) is 6.96. The van der Waals surface area contributed by atoms with Crippen LogP contribution < -0.4 is 5.32 Å². The van der Waals surface area contributed by atoms with Crippen molar-refractivity contribution in [3.63, 3.8) is 0 Å². The molecule has 1 atom stereocenters. The molecule has 0 spiro atoms. The minimum Gasteiger partial charge on any atom is -0.468 e. The molecule has 8 nitrogen and oxygen atoms in total. The maximum Gasteiger partial charge on any atom is 0.329 e. The summed E-state index contributed by atoms with van der Waals surface area (Å²) >= 11 is 0. The Morgan fingerprint density at radius 1 is 0.641 bits per heavy atom. The zero-order valence-electron chi connectivity index (χ0n) is 25.7. The molecule has 0 aliphatic rings. The van der Waals surface area contributed by atoms with Gasteiger partial charge in [-0.2, -0.15) is 0 Å². The van der Waals surface area contributed by atoms with Gasteiger partial charge in [-0.3, -0.25) is 14.4 Å². The fourth-order valence-corrected chi connectivity index (χ4v) is 4.19. The summed E-state index contributed by atoms with van der Waals surface area (Å²) in [6, 6.07) is -0.819. The van der Waals surface area contributed by atoms with E-state index in [-0.39, 0.29) is 30.5 Å². The first-order valence-electron chi connectivity index (χ1n) is 15.1. The Labute approximate surface area is 237 Å². The van der Waals surface area contributed by atoms with Crippen molar-refractivity contribution in [2.45, 2.75) is 168 Å². The zero-order chi connectivity index (χ0) is 29.6. The van der Waals surface area contributed by atoms with Gasteiger partial charge in [0.25, 0.3) is 6.47 Å². The smallest absolute Gasteiger partial charge is 0.329 e. The van der Waals surface area contributed by atoms with E-state index in [2.05, 4.69) is 10.1 Å². The number of carbonyl (C=O) groups is 4. The summed E-state index contributed by atoms with van der Waals surface area (Å²) in [5.74, 6) is -0.781. The molecule has 1 unspecified atom stereocenters. The normalized spacial score (nSPS) is 12.5. The molecule has 0 aromatic rings. The Bertz CT molecular complexity index is 679. The second-order valence-electron chi connectivity index (χ2n) is 12.4. The van der Waals surface area contributed by atoms with Crippen LogP contribution >= 0.6 is 0 Å². The molecule has 0 fully saturated rings. The number of ether oxygens (including phenoxy) is 3. The molecule has 0 radical (unpaired) electrons. The molecule has 0 aromatic carbocycles. The van der Waals surface area contributed by atoms with E-state index in [0.29, 0.717) is 19.3 Å².